The van der Waals surface area contributed by atoms with Crippen LogP contribution in [-0.2, 0) is 12.1 Å². The van der Waals surface area contributed by atoms with Crippen molar-refractivity contribution in [2.75, 3.05) is 0 Å². The molecule has 0 atom stereocenters. The number of hydrogen-bond donors (Lipinski definition) is 1. The molecule has 4 aliphatic carbocycles. The molecule has 4 aliphatic rings. The number of aromatic nitrogens is 1. The van der Waals surface area contributed by atoms with E-state index in [1.54, 1.807) is 0 Å². The lowest BCUT2D eigenvalue weighted by Gasteiger charge is -2.57. The second kappa shape index (κ2) is 3.38. The fourth-order valence-corrected chi connectivity index (χ4v) is 5.41. The number of hydrogen-bond acceptors (Lipinski definition) is 1. The van der Waals surface area contributed by atoms with Crippen LogP contribution in [0.1, 0.15) is 44.2 Å². The van der Waals surface area contributed by atoms with E-state index in [-0.39, 0.29) is 0 Å². The zero-order valence-electron chi connectivity index (χ0n) is 10.4. The first kappa shape index (κ1) is 10.2. The molecule has 1 aromatic heterocycles. The Labute approximate surface area is 103 Å². The summed E-state index contributed by atoms with van der Waals surface area (Å²) in [4.78, 5) is 0. The van der Waals surface area contributed by atoms with Gasteiger partial charge in [-0.25, -0.2) is 0 Å². The van der Waals surface area contributed by atoms with Crippen LogP contribution in [0.5, 0.6) is 0 Å². The van der Waals surface area contributed by atoms with Gasteiger partial charge in [-0.2, -0.15) is 0 Å². The molecule has 17 heavy (non-hydrogen) atoms. The van der Waals surface area contributed by atoms with E-state index in [1.165, 1.54) is 44.2 Å². The smallest absolute Gasteiger partial charge is 0.0451 e. The Morgan fingerprint density at radius 1 is 1.12 bits per heavy atom. The van der Waals surface area contributed by atoms with Gasteiger partial charge in [0.05, 0.1) is 0 Å². The topological polar surface area (TPSA) is 30.9 Å². The van der Waals surface area contributed by atoms with Gasteiger partial charge in [-0.15, -0.1) is 0 Å². The SMILES string of the molecule is NCc1cccn1C12CC3CC(CC(C3)C1)C2. The Morgan fingerprint density at radius 2 is 1.71 bits per heavy atom. The highest BCUT2D eigenvalue weighted by atomic mass is 15.1. The van der Waals surface area contributed by atoms with Crippen LogP contribution in [0.2, 0.25) is 0 Å². The predicted molar refractivity (Wildman–Crippen MR) is 68.5 cm³/mol. The van der Waals surface area contributed by atoms with Gasteiger partial charge in [0.1, 0.15) is 0 Å². The third-order valence-electron chi connectivity index (χ3n) is 5.56. The maximum atomic E-state index is 5.89. The lowest BCUT2D eigenvalue weighted by Crippen LogP contribution is -2.52. The summed E-state index contributed by atoms with van der Waals surface area (Å²) in [6, 6.07) is 4.39. The van der Waals surface area contributed by atoms with Crippen molar-refractivity contribution in [2.24, 2.45) is 23.5 Å². The van der Waals surface area contributed by atoms with E-state index in [4.69, 9.17) is 5.73 Å². The molecule has 1 heterocycles. The van der Waals surface area contributed by atoms with Gasteiger partial charge in [-0.05, 0) is 68.4 Å². The molecule has 0 amide bonds. The van der Waals surface area contributed by atoms with E-state index in [9.17, 15) is 0 Å². The largest absolute Gasteiger partial charge is 0.344 e. The van der Waals surface area contributed by atoms with E-state index >= 15 is 0 Å². The van der Waals surface area contributed by atoms with Gasteiger partial charge in [0.25, 0.3) is 0 Å². The number of nitrogens with zero attached hydrogens (tertiary/aromatic N) is 1. The summed E-state index contributed by atoms with van der Waals surface area (Å²) in [7, 11) is 0. The highest BCUT2D eigenvalue weighted by Crippen LogP contribution is 2.59. The Hall–Kier alpha value is -0.760. The Morgan fingerprint density at radius 3 is 2.24 bits per heavy atom. The van der Waals surface area contributed by atoms with Gasteiger partial charge in [0.15, 0.2) is 0 Å². The molecule has 0 unspecified atom stereocenters. The molecular formula is C15H22N2. The molecule has 0 aliphatic heterocycles. The van der Waals surface area contributed by atoms with Gasteiger partial charge < -0.3 is 10.3 Å². The zero-order valence-corrected chi connectivity index (χ0v) is 10.4. The lowest BCUT2D eigenvalue weighted by molar-refractivity contribution is -0.0440. The van der Waals surface area contributed by atoms with Gasteiger partial charge in [0.2, 0.25) is 0 Å². The standard InChI is InChI=1S/C15H22N2/c16-10-14-2-1-3-17(14)15-7-11-4-12(8-15)6-13(5-11)9-15/h1-3,11-13H,4-10,16H2. The molecule has 0 radical (unpaired) electrons. The van der Waals surface area contributed by atoms with E-state index in [2.05, 4.69) is 22.9 Å². The van der Waals surface area contributed by atoms with Crippen molar-refractivity contribution in [2.45, 2.75) is 50.6 Å². The van der Waals surface area contributed by atoms with Gasteiger partial charge in [-0.3, -0.25) is 0 Å². The van der Waals surface area contributed by atoms with Crippen LogP contribution >= 0.6 is 0 Å². The highest BCUT2D eigenvalue weighted by molar-refractivity contribution is 5.15. The molecule has 4 bridgehead atoms. The molecule has 0 aromatic carbocycles. The molecular weight excluding hydrogens is 208 g/mol. The average molecular weight is 230 g/mol. The summed E-state index contributed by atoms with van der Waals surface area (Å²) in [6.07, 6.45) is 11.1. The molecule has 92 valence electrons. The van der Waals surface area contributed by atoms with Crippen molar-refractivity contribution in [3.63, 3.8) is 0 Å². The second-order valence-corrected chi connectivity index (χ2v) is 6.72. The van der Waals surface area contributed by atoms with Crippen molar-refractivity contribution < 1.29 is 0 Å². The maximum absolute atomic E-state index is 5.89. The van der Waals surface area contributed by atoms with Crippen LogP contribution in [0, 0.1) is 17.8 Å². The van der Waals surface area contributed by atoms with Crippen LogP contribution < -0.4 is 5.73 Å². The van der Waals surface area contributed by atoms with E-state index in [0.717, 1.165) is 17.8 Å². The van der Waals surface area contributed by atoms with Crippen molar-refractivity contribution in [1.82, 2.24) is 4.57 Å². The molecule has 4 fully saturated rings. The summed E-state index contributed by atoms with van der Waals surface area (Å²) in [6.45, 7) is 0.689. The van der Waals surface area contributed by atoms with E-state index in [1.807, 2.05) is 0 Å². The minimum atomic E-state index is 0.451. The van der Waals surface area contributed by atoms with Crippen LogP contribution in [-0.4, -0.2) is 4.57 Å². The number of rotatable bonds is 2. The van der Waals surface area contributed by atoms with Gasteiger partial charge in [-0.1, -0.05) is 0 Å². The summed E-state index contributed by atoms with van der Waals surface area (Å²) < 4.78 is 2.55. The zero-order chi connectivity index (χ0) is 11.5. The first-order valence-electron chi connectivity index (χ1n) is 7.16. The average Bonchev–Trinajstić information content (AvgIpc) is 2.75. The summed E-state index contributed by atoms with van der Waals surface area (Å²) in [5.74, 6) is 3.03. The molecule has 2 heteroatoms. The first-order chi connectivity index (χ1) is 8.29. The highest BCUT2D eigenvalue weighted by Gasteiger charge is 2.51. The minimum absolute atomic E-state index is 0.451. The third kappa shape index (κ3) is 1.36. The quantitative estimate of drug-likeness (QED) is 0.832. The Bertz CT molecular complexity index is 397. The molecule has 0 spiro atoms. The summed E-state index contributed by atoms with van der Waals surface area (Å²) in [5.41, 5.74) is 7.68. The van der Waals surface area contributed by atoms with Crippen molar-refractivity contribution >= 4 is 0 Å². The predicted octanol–water partition coefficient (Wildman–Crippen LogP) is 2.87. The van der Waals surface area contributed by atoms with Crippen LogP contribution in [0.15, 0.2) is 18.3 Å². The minimum Gasteiger partial charge on any atom is -0.344 e. The monoisotopic (exact) mass is 230 g/mol. The molecule has 2 N–H and O–H groups in total. The number of nitrogens with two attached hydrogens (primary N) is 1. The lowest BCUT2D eigenvalue weighted by atomic mass is 9.53. The summed E-state index contributed by atoms with van der Waals surface area (Å²) >= 11 is 0. The Kier molecular flexibility index (Phi) is 2.03. The first-order valence-corrected chi connectivity index (χ1v) is 7.16. The van der Waals surface area contributed by atoms with Gasteiger partial charge in [0, 0.05) is 24.0 Å². The molecule has 2 nitrogen and oxygen atoms in total. The van der Waals surface area contributed by atoms with E-state index < -0.39 is 0 Å². The van der Waals surface area contributed by atoms with Crippen molar-refractivity contribution in [1.29, 1.82) is 0 Å². The fraction of sp³-hybridized carbons (Fsp3) is 0.733. The molecule has 5 rings (SSSR count). The van der Waals surface area contributed by atoms with E-state index in [0.29, 0.717) is 12.1 Å². The van der Waals surface area contributed by atoms with Crippen molar-refractivity contribution in [3.8, 4) is 0 Å². The second-order valence-electron chi connectivity index (χ2n) is 6.72. The van der Waals surface area contributed by atoms with Crippen LogP contribution in [0.4, 0.5) is 0 Å². The summed E-state index contributed by atoms with van der Waals surface area (Å²) in [5, 5.41) is 0. The van der Waals surface area contributed by atoms with Crippen LogP contribution in [0.3, 0.4) is 0 Å². The maximum Gasteiger partial charge on any atom is 0.0451 e. The van der Waals surface area contributed by atoms with Crippen LogP contribution in [0.25, 0.3) is 0 Å². The van der Waals surface area contributed by atoms with Gasteiger partial charge >= 0.3 is 0 Å². The van der Waals surface area contributed by atoms with Crippen molar-refractivity contribution in [3.05, 3.63) is 24.0 Å². The molecule has 1 aromatic rings. The Balaban J connectivity index is 1.77. The normalized spacial score (nSPS) is 43.2. The molecule has 4 saturated carbocycles. The fourth-order valence-electron chi connectivity index (χ4n) is 5.41. The third-order valence-corrected chi connectivity index (χ3v) is 5.56. The molecule has 0 saturated heterocycles.